The molecule has 1 aromatic rings. The van der Waals surface area contributed by atoms with Gasteiger partial charge < -0.3 is 4.42 Å². The maximum Gasteiger partial charge on any atom is 0.277 e. The van der Waals surface area contributed by atoms with Crippen molar-refractivity contribution >= 4 is 10.2 Å². The Kier molecular flexibility index (Phi) is 3.54. The smallest absolute Gasteiger partial charge is 0.277 e. The average Bonchev–Trinajstić information content (AvgIpc) is 2.44. The van der Waals surface area contributed by atoms with Gasteiger partial charge in [0.25, 0.3) is 10.2 Å². The first-order valence-electron chi connectivity index (χ1n) is 4.65. The average molecular weight is 232 g/mol. The molecule has 0 fully saturated rings. The first-order valence-corrected chi connectivity index (χ1v) is 6.16. The van der Waals surface area contributed by atoms with Crippen LogP contribution in [-0.2, 0) is 16.8 Å². The van der Waals surface area contributed by atoms with Gasteiger partial charge in [-0.15, -0.1) is 0 Å². The molecule has 2 N–H and O–H groups in total. The molecule has 5 nitrogen and oxygen atoms in total. The lowest BCUT2D eigenvalue weighted by atomic mass is 10.3. The van der Waals surface area contributed by atoms with Gasteiger partial charge in [-0.25, -0.2) is 5.14 Å². The predicted octanol–water partition coefficient (Wildman–Crippen LogP) is 1.00. The molecule has 0 saturated heterocycles. The van der Waals surface area contributed by atoms with Crippen LogP contribution in [0.1, 0.15) is 25.4 Å². The monoisotopic (exact) mass is 232 g/mol. The topological polar surface area (TPSA) is 76.5 Å². The Bertz CT molecular complexity index is 422. The molecule has 6 heteroatoms. The molecule has 0 saturated carbocycles. The maximum atomic E-state index is 11.2. The Morgan fingerprint density at radius 1 is 1.47 bits per heavy atom. The Morgan fingerprint density at radius 2 is 2.07 bits per heavy atom. The third-order valence-corrected chi connectivity index (χ3v) is 3.22. The standard InChI is InChI=1S/C9H16N2O3S/c1-7(2)11(15(10,12)13)6-9-5-4-8(3)14-9/h4-5,7H,6H2,1-3H3,(H2,10,12,13). The highest BCUT2D eigenvalue weighted by Gasteiger charge is 2.22. The Labute approximate surface area is 90.0 Å². The highest BCUT2D eigenvalue weighted by atomic mass is 32.2. The molecule has 1 rings (SSSR count). The van der Waals surface area contributed by atoms with Gasteiger partial charge in [-0.3, -0.25) is 0 Å². The molecule has 15 heavy (non-hydrogen) atoms. The normalized spacial score (nSPS) is 12.7. The van der Waals surface area contributed by atoms with Crippen molar-refractivity contribution in [1.29, 1.82) is 0 Å². The number of hydrogen-bond donors (Lipinski definition) is 1. The zero-order chi connectivity index (χ0) is 11.6. The number of furan rings is 1. The summed E-state index contributed by atoms with van der Waals surface area (Å²) in [5.74, 6) is 1.35. The van der Waals surface area contributed by atoms with Crippen LogP contribution < -0.4 is 5.14 Å². The van der Waals surface area contributed by atoms with Gasteiger partial charge in [0.15, 0.2) is 0 Å². The van der Waals surface area contributed by atoms with Crippen molar-refractivity contribution < 1.29 is 12.8 Å². The lowest BCUT2D eigenvalue weighted by Crippen LogP contribution is -2.40. The molecule has 0 aromatic carbocycles. The lowest BCUT2D eigenvalue weighted by molar-refractivity contribution is 0.315. The third-order valence-electron chi connectivity index (χ3n) is 2.01. The summed E-state index contributed by atoms with van der Waals surface area (Å²) in [6.07, 6.45) is 0. The third kappa shape index (κ3) is 3.33. The van der Waals surface area contributed by atoms with E-state index in [1.807, 2.05) is 0 Å². The molecule has 0 bridgehead atoms. The fraction of sp³-hybridized carbons (Fsp3) is 0.556. The van der Waals surface area contributed by atoms with Gasteiger partial charge in [-0.1, -0.05) is 0 Å². The van der Waals surface area contributed by atoms with Crippen LogP contribution in [0.15, 0.2) is 16.5 Å². The van der Waals surface area contributed by atoms with E-state index in [9.17, 15) is 8.42 Å². The van der Waals surface area contributed by atoms with Crippen molar-refractivity contribution in [1.82, 2.24) is 4.31 Å². The Morgan fingerprint density at radius 3 is 2.40 bits per heavy atom. The summed E-state index contributed by atoms with van der Waals surface area (Å²) in [7, 11) is -3.68. The highest BCUT2D eigenvalue weighted by Crippen LogP contribution is 2.13. The van der Waals surface area contributed by atoms with Crippen LogP contribution in [0, 0.1) is 6.92 Å². The SMILES string of the molecule is Cc1ccc(CN(C(C)C)S(N)(=O)=O)o1. The summed E-state index contributed by atoms with van der Waals surface area (Å²) in [4.78, 5) is 0. The second-order valence-electron chi connectivity index (χ2n) is 3.70. The molecule has 0 aliphatic heterocycles. The van der Waals surface area contributed by atoms with E-state index < -0.39 is 10.2 Å². The number of hydrogen-bond acceptors (Lipinski definition) is 3. The molecular formula is C9H16N2O3S. The number of aryl methyl sites for hydroxylation is 1. The molecule has 0 aliphatic rings. The molecule has 0 radical (unpaired) electrons. The molecule has 1 aromatic heterocycles. The molecule has 86 valence electrons. The van der Waals surface area contributed by atoms with E-state index in [0.717, 1.165) is 5.76 Å². The van der Waals surface area contributed by atoms with Gasteiger partial charge in [0.1, 0.15) is 11.5 Å². The second-order valence-corrected chi connectivity index (χ2v) is 5.20. The quantitative estimate of drug-likeness (QED) is 0.841. The van der Waals surface area contributed by atoms with Crippen LogP contribution in [0.2, 0.25) is 0 Å². The van der Waals surface area contributed by atoms with Crippen molar-refractivity contribution in [2.24, 2.45) is 5.14 Å². The van der Waals surface area contributed by atoms with Gasteiger partial charge in [0, 0.05) is 6.04 Å². The van der Waals surface area contributed by atoms with Crippen LogP contribution >= 0.6 is 0 Å². The first-order chi connectivity index (χ1) is 6.80. The minimum Gasteiger partial charge on any atom is -0.465 e. The van der Waals surface area contributed by atoms with Crippen LogP contribution in [0.25, 0.3) is 0 Å². The van der Waals surface area contributed by atoms with E-state index in [1.54, 1.807) is 32.9 Å². The molecule has 0 aliphatic carbocycles. The van der Waals surface area contributed by atoms with Crippen molar-refractivity contribution in [3.05, 3.63) is 23.7 Å². The number of nitrogens with two attached hydrogens (primary N) is 1. The van der Waals surface area contributed by atoms with E-state index in [4.69, 9.17) is 9.56 Å². The van der Waals surface area contributed by atoms with Gasteiger partial charge in [-0.2, -0.15) is 12.7 Å². The van der Waals surface area contributed by atoms with Crippen LogP contribution in [-0.4, -0.2) is 18.8 Å². The summed E-state index contributed by atoms with van der Waals surface area (Å²) in [5, 5.41) is 5.09. The molecular weight excluding hydrogens is 216 g/mol. The van der Waals surface area contributed by atoms with Crippen LogP contribution in [0.5, 0.6) is 0 Å². The second kappa shape index (κ2) is 4.34. The minimum atomic E-state index is -3.68. The van der Waals surface area contributed by atoms with Crippen molar-refractivity contribution in [3.63, 3.8) is 0 Å². The maximum absolute atomic E-state index is 11.2. The van der Waals surface area contributed by atoms with Crippen molar-refractivity contribution in [2.45, 2.75) is 33.4 Å². The molecule has 0 spiro atoms. The first kappa shape index (κ1) is 12.2. The lowest BCUT2D eigenvalue weighted by Gasteiger charge is -2.21. The highest BCUT2D eigenvalue weighted by molar-refractivity contribution is 7.86. The zero-order valence-electron chi connectivity index (χ0n) is 9.10. The summed E-state index contributed by atoms with van der Waals surface area (Å²) in [5.41, 5.74) is 0. The van der Waals surface area contributed by atoms with Gasteiger partial charge in [0.05, 0.1) is 6.54 Å². The van der Waals surface area contributed by atoms with Gasteiger partial charge in [0.2, 0.25) is 0 Å². The summed E-state index contributed by atoms with van der Waals surface area (Å²) in [6.45, 7) is 5.50. The minimum absolute atomic E-state index is 0.171. The van der Waals surface area contributed by atoms with Crippen LogP contribution in [0.4, 0.5) is 0 Å². The van der Waals surface area contributed by atoms with Crippen LogP contribution in [0.3, 0.4) is 0 Å². The number of rotatable bonds is 4. The van der Waals surface area contributed by atoms with E-state index in [1.165, 1.54) is 4.31 Å². The van der Waals surface area contributed by atoms with Gasteiger partial charge >= 0.3 is 0 Å². The fourth-order valence-corrected chi connectivity index (χ4v) is 2.18. The fourth-order valence-electron chi connectivity index (χ4n) is 1.29. The van der Waals surface area contributed by atoms with Crippen molar-refractivity contribution in [2.75, 3.05) is 0 Å². The van der Waals surface area contributed by atoms with Gasteiger partial charge in [-0.05, 0) is 32.9 Å². The summed E-state index contributed by atoms with van der Waals surface area (Å²) in [6, 6.07) is 3.35. The Balaban J connectivity index is 2.86. The summed E-state index contributed by atoms with van der Waals surface area (Å²) < 4.78 is 29.0. The predicted molar refractivity (Wildman–Crippen MR) is 57.2 cm³/mol. The summed E-state index contributed by atoms with van der Waals surface area (Å²) >= 11 is 0. The molecule has 1 heterocycles. The van der Waals surface area contributed by atoms with E-state index >= 15 is 0 Å². The largest absolute Gasteiger partial charge is 0.465 e. The van der Waals surface area contributed by atoms with E-state index in [-0.39, 0.29) is 12.6 Å². The molecule has 0 amide bonds. The molecule has 0 atom stereocenters. The molecule has 0 unspecified atom stereocenters. The van der Waals surface area contributed by atoms with E-state index in [0.29, 0.717) is 5.76 Å². The zero-order valence-corrected chi connectivity index (χ0v) is 9.91. The number of nitrogens with zero attached hydrogens (tertiary/aromatic N) is 1. The van der Waals surface area contributed by atoms with E-state index in [2.05, 4.69) is 0 Å². The Hall–Kier alpha value is -0.850. The van der Waals surface area contributed by atoms with Crippen molar-refractivity contribution in [3.8, 4) is 0 Å².